The van der Waals surface area contributed by atoms with Gasteiger partial charge in [-0.2, -0.15) is 9.97 Å². The molecule has 40 heavy (non-hydrogen) atoms. The Labute approximate surface area is 232 Å². The highest BCUT2D eigenvalue weighted by Crippen LogP contribution is 2.27. The molecule has 10 heteroatoms. The summed E-state index contributed by atoms with van der Waals surface area (Å²) < 4.78 is 7.76. The third-order valence-corrected chi connectivity index (χ3v) is 8.00. The lowest BCUT2D eigenvalue weighted by Gasteiger charge is -2.35. The summed E-state index contributed by atoms with van der Waals surface area (Å²) in [6, 6.07) is 14.3. The fraction of sp³-hybridized carbons (Fsp3) is 0.367. The lowest BCUT2D eigenvalue weighted by Crippen LogP contribution is -2.48. The van der Waals surface area contributed by atoms with Crippen molar-refractivity contribution >= 4 is 33.5 Å². The molecule has 0 aliphatic carbocycles. The number of carbonyl (C=O) groups is 1. The Morgan fingerprint density at radius 3 is 2.55 bits per heavy atom. The average molecular weight is 540 g/mol. The highest BCUT2D eigenvalue weighted by atomic mass is 16.5. The number of fused-ring (bicyclic) bond motifs is 2. The summed E-state index contributed by atoms with van der Waals surface area (Å²) in [6.45, 7) is 9.04. The number of benzene rings is 2. The Morgan fingerprint density at radius 2 is 1.80 bits per heavy atom. The van der Waals surface area contributed by atoms with Crippen molar-refractivity contribution < 1.29 is 9.53 Å². The zero-order valence-corrected chi connectivity index (χ0v) is 22.9. The molecule has 1 unspecified atom stereocenters. The van der Waals surface area contributed by atoms with Gasteiger partial charge in [-0.05, 0) is 50.9 Å². The van der Waals surface area contributed by atoms with E-state index in [2.05, 4.69) is 28.4 Å². The first-order chi connectivity index (χ1) is 19.4. The Bertz CT molecular complexity index is 1650. The van der Waals surface area contributed by atoms with E-state index in [4.69, 9.17) is 14.7 Å². The summed E-state index contributed by atoms with van der Waals surface area (Å²) in [7, 11) is 2.09. The van der Waals surface area contributed by atoms with Crippen molar-refractivity contribution in [2.24, 2.45) is 0 Å². The molecule has 2 aliphatic heterocycles. The van der Waals surface area contributed by atoms with E-state index in [0.717, 1.165) is 35.8 Å². The molecular formula is C30H33N7O3. The Hall–Kier alpha value is -4.31. The van der Waals surface area contributed by atoms with E-state index in [1.165, 1.54) is 6.08 Å². The Balaban J connectivity index is 1.46. The van der Waals surface area contributed by atoms with Crippen molar-refractivity contribution in [2.45, 2.75) is 25.8 Å². The number of amides is 1. The molecule has 0 radical (unpaired) electrons. The quantitative estimate of drug-likeness (QED) is 0.345. The van der Waals surface area contributed by atoms with Gasteiger partial charge in [0.1, 0.15) is 17.9 Å². The standard InChI is InChI=1S/C30H33N7O3/c1-4-25(38)35-15-17-36(18-16-35)28-26-27(32-30(33-28)40-19-22-11-8-14-34(22)3)29(39)37(20(2)31-26)24-13-7-10-21-9-5-6-12-23(21)24/h4-7,9-10,12-13,22H,1,8,11,14-19H2,2-3H3. The molecule has 2 aliphatic rings. The molecule has 2 aromatic carbocycles. The number of ether oxygens (including phenoxy) is 1. The van der Waals surface area contributed by atoms with E-state index < -0.39 is 0 Å². The van der Waals surface area contributed by atoms with Gasteiger partial charge in [0.2, 0.25) is 5.91 Å². The van der Waals surface area contributed by atoms with E-state index in [1.54, 1.807) is 9.47 Å². The number of piperazine rings is 1. The largest absolute Gasteiger partial charge is 0.462 e. The molecule has 206 valence electrons. The summed E-state index contributed by atoms with van der Waals surface area (Å²) in [5, 5.41) is 1.99. The number of likely N-dealkylation sites (tertiary alicyclic amines) is 1. The first-order valence-corrected chi connectivity index (χ1v) is 13.7. The maximum Gasteiger partial charge on any atom is 0.319 e. The summed E-state index contributed by atoms with van der Waals surface area (Å²) in [4.78, 5) is 46.7. The van der Waals surface area contributed by atoms with Gasteiger partial charge in [0.25, 0.3) is 5.56 Å². The number of aromatic nitrogens is 4. The van der Waals surface area contributed by atoms with Crippen LogP contribution in [0.1, 0.15) is 18.7 Å². The Kier molecular flexibility index (Phi) is 6.93. The third-order valence-electron chi connectivity index (χ3n) is 8.00. The zero-order valence-electron chi connectivity index (χ0n) is 22.9. The molecule has 1 atom stereocenters. The van der Waals surface area contributed by atoms with Gasteiger partial charge < -0.3 is 19.4 Å². The fourth-order valence-electron chi connectivity index (χ4n) is 5.74. The van der Waals surface area contributed by atoms with Crippen LogP contribution in [-0.4, -0.2) is 87.6 Å². The van der Waals surface area contributed by atoms with Crippen LogP contribution in [0, 0.1) is 6.92 Å². The monoisotopic (exact) mass is 539 g/mol. The predicted molar refractivity (Wildman–Crippen MR) is 155 cm³/mol. The topological polar surface area (TPSA) is 96.7 Å². The van der Waals surface area contributed by atoms with Crippen LogP contribution in [0.3, 0.4) is 0 Å². The predicted octanol–water partition coefficient (Wildman–Crippen LogP) is 2.94. The summed E-state index contributed by atoms with van der Waals surface area (Å²) in [6.07, 6.45) is 3.51. The maximum atomic E-state index is 14.2. The Morgan fingerprint density at radius 1 is 1.02 bits per heavy atom. The maximum absolute atomic E-state index is 14.2. The molecule has 6 rings (SSSR count). The van der Waals surface area contributed by atoms with Gasteiger partial charge in [-0.15, -0.1) is 0 Å². The molecule has 0 saturated carbocycles. The molecular weight excluding hydrogens is 506 g/mol. The van der Waals surface area contributed by atoms with E-state index in [1.807, 2.05) is 49.4 Å². The molecule has 1 amide bonds. The second-order valence-electron chi connectivity index (χ2n) is 10.4. The minimum Gasteiger partial charge on any atom is -0.462 e. The van der Waals surface area contributed by atoms with Crippen molar-refractivity contribution in [1.29, 1.82) is 0 Å². The molecule has 4 heterocycles. The number of hydrogen-bond acceptors (Lipinski definition) is 8. The van der Waals surface area contributed by atoms with Gasteiger partial charge in [-0.3, -0.25) is 14.2 Å². The number of carbonyl (C=O) groups excluding carboxylic acids is 1. The van der Waals surface area contributed by atoms with Gasteiger partial charge in [0.05, 0.1) is 5.69 Å². The van der Waals surface area contributed by atoms with Crippen LogP contribution in [-0.2, 0) is 4.79 Å². The van der Waals surface area contributed by atoms with Gasteiger partial charge in [0, 0.05) is 37.6 Å². The number of rotatable bonds is 6. The summed E-state index contributed by atoms with van der Waals surface area (Å²) >= 11 is 0. The van der Waals surface area contributed by atoms with Crippen LogP contribution in [0.2, 0.25) is 0 Å². The van der Waals surface area contributed by atoms with Crippen molar-refractivity contribution in [3.05, 3.63) is 71.3 Å². The third kappa shape index (κ3) is 4.68. The van der Waals surface area contributed by atoms with Crippen LogP contribution >= 0.6 is 0 Å². The van der Waals surface area contributed by atoms with Crippen LogP contribution in [0.5, 0.6) is 6.01 Å². The lowest BCUT2D eigenvalue weighted by atomic mass is 10.1. The first-order valence-electron chi connectivity index (χ1n) is 13.7. The smallest absolute Gasteiger partial charge is 0.319 e. The van der Waals surface area contributed by atoms with Crippen molar-refractivity contribution in [1.82, 2.24) is 29.3 Å². The van der Waals surface area contributed by atoms with Gasteiger partial charge in [0.15, 0.2) is 11.3 Å². The molecule has 0 spiro atoms. The first kappa shape index (κ1) is 25.9. The highest BCUT2D eigenvalue weighted by molar-refractivity contribution is 5.91. The molecule has 2 aromatic heterocycles. The summed E-state index contributed by atoms with van der Waals surface area (Å²) in [5.41, 5.74) is 1.13. The SMILES string of the molecule is C=CC(=O)N1CCN(c2nc(OCC3CCCN3C)nc3c(=O)n(-c4cccc5ccccc45)c(C)nc23)CC1. The van der Waals surface area contributed by atoms with Crippen molar-refractivity contribution in [3.63, 3.8) is 0 Å². The van der Waals surface area contributed by atoms with Gasteiger partial charge in [-0.1, -0.05) is 43.0 Å². The average Bonchev–Trinajstić information content (AvgIpc) is 3.40. The van der Waals surface area contributed by atoms with E-state index in [-0.39, 0.29) is 29.0 Å². The van der Waals surface area contributed by atoms with E-state index in [9.17, 15) is 9.59 Å². The second-order valence-corrected chi connectivity index (χ2v) is 10.4. The number of aryl methyl sites for hydroxylation is 1. The molecule has 2 fully saturated rings. The number of anilines is 1. The van der Waals surface area contributed by atoms with Gasteiger partial charge in [-0.25, -0.2) is 4.98 Å². The number of nitrogens with zero attached hydrogens (tertiary/aromatic N) is 7. The molecule has 10 nitrogen and oxygen atoms in total. The van der Waals surface area contributed by atoms with Crippen LogP contribution in [0.15, 0.2) is 59.9 Å². The number of likely N-dealkylation sites (N-methyl/N-ethyl adjacent to an activating group) is 1. The van der Waals surface area contributed by atoms with Crippen molar-refractivity contribution in [3.8, 4) is 11.7 Å². The molecule has 2 saturated heterocycles. The van der Waals surface area contributed by atoms with Crippen LogP contribution in [0.25, 0.3) is 27.5 Å². The van der Waals surface area contributed by atoms with Crippen molar-refractivity contribution in [2.75, 3.05) is 51.3 Å². The lowest BCUT2D eigenvalue weighted by molar-refractivity contribution is -0.126. The fourth-order valence-corrected chi connectivity index (χ4v) is 5.74. The zero-order chi connectivity index (χ0) is 27.8. The van der Waals surface area contributed by atoms with Crippen LogP contribution in [0.4, 0.5) is 5.82 Å². The highest BCUT2D eigenvalue weighted by Gasteiger charge is 2.27. The summed E-state index contributed by atoms with van der Waals surface area (Å²) in [5.74, 6) is 1.00. The minimum absolute atomic E-state index is 0.0937. The second kappa shape index (κ2) is 10.7. The molecule has 4 aromatic rings. The number of hydrogen-bond donors (Lipinski definition) is 0. The molecule has 0 bridgehead atoms. The van der Waals surface area contributed by atoms with Gasteiger partial charge >= 0.3 is 6.01 Å². The van der Waals surface area contributed by atoms with Crippen LogP contribution < -0.4 is 15.2 Å². The normalized spacial score (nSPS) is 18.0. The minimum atomic E-state index is -0.272. The molecule has 0 N–H and O–H groups in total. The van der Waals surface area contributed by atoms with E-state index in [0.29, 0.717) is 49.9 Å². The van der Waals surface area contributed by atoms with E-state index >= 15 is 0 Å².